The zero-order valence-electron chi connectivity index (χ0n) is 12.5. The number of rotatable bonds is 5. The first-order valence-electron chi connectivity index (χ1n) is 7.41. The number of aryl methyl sites for hydroxylation is 1. The third-order valence-corrected chi connectivity index (χ3v) is 3.63. The molecule has 3 rings (SSSR count). The Morgan fingerprint density at radius 1 is 1.19 bits per heavy atom. The number of nitrogens with zero attached hydrogens (tertiary/aromatic N) is 1. The molecule has 0 radical (unpaired) electrons. The molecular weight excluding hydrogens is 260 g/mol. The molecule has 108 valence electrons. The number of hydrogen-bond donors (Lipinski definition) is 1. The number of fused-ring (bicyclic) bond motifs is 1. The fourth-order valence-electron chi connectivity index (χ4n) is 2.58. The van der Waals surface area contributed by atoms with Crippen molar-refractivity contribution in [1.82, 2.24) is 10.3 Å². The SMILES string of the molecule is CCCNC(c1coc(C)c1)c1cnc2ccccc2c1. The molecule has 2 aromatic heterocycles. The Kier molecular flexibility index (Phi) is 4.02. The first kappa shape index (κ1) is 13.8. The first-order chi connectivity index (χ1) is 10.3. The van der Waals surface area contributed by atoms with Crippen molar-refractivity contribution in [3.05, 3.63) is 65.7 Å². The number of furan rings is 1. The molecular formula is C18H20N2O. The largest absolute Gasteiger partial charge is 0.469 e. The van der Waals surface area contributed by atoms with Crippen LogP contribution < -0.4 is 5.32 Å². The maximum Gasteiger partial charge on any atom is 0.101 e. The Morgan fingerprint density at radius 2 is 2.05 bits per heavy atom. The molecule has 21 heavy (non-hydrogen) atoms. The third kappa shape index (κ3) is 2.98. The Labute approximate surface area is 125 Å². The van der Waals surface area contributed by atoms with Gasteiger partial charge in [0.05, 0.1) is 17.8 Å². The summed E-state index contributed by atoms with van der Waals surface area (Å²) in [5.41, 5.74) is 3.35. The Balaban J connectivity index is 2.00. The molecule has 3 aromatic rings. The Hall–Kier alpha value is -2.13. The van der Waals surface area contributed by atoms with E-state index in [-0.39, 0.29) is 6.04 Å². The summed E-state index contributed by atoms with van der Waals surface area (Å²) in [6.45, 7) is 5.10. The topological polar surface area (TPSA) is 38.1 Å². The van der Waals surface area contributed by atoms with E-state index in [9.17, 15) is 0 Å². The lowest BCUT2D eigenvalue weighted by Crippen LogP contribution is -2.22. The van der Waals surface area contributed by atoms with Gasteiger partial charge in [-0.1, -0.05) is 25.1 Å². The van der Waals surface area contributed by atoms with Crippen molar-refractivity contribution in [2.75, 3.05) is 6.54 Å². The highest BCUT2D eigenvalue weighted by Gasteiger charge is 2.16. The molecule has 3 heteroatoms. The quantitative estimate of drug-likeness (QED) is 0.760. The third-order valence-electron chi connectivity index (χ3n) is 3.63. The molecule has 0 spiro atoms. The predicted octanol–water partition coefficient (Wildman–Crippen LogP) is 4.23. The summed E-state index contributed by atoms with van der Waals surface area (Å²) in [7, 11) is 0. The van der Waals surface area contributed by atoms with Crippen LogP contribution in [0.1, 0.15) is 36.3 Å². The van der Waals surface area contributed by atoms with Gasteiger partial charge in [0, 0.05) is 17.1 Å². The van der Waals surface area contributed by atoms with E-state index >= 15 is 0 Å². The highest BCUT2D eigenvalue weighted by atomic mass is 16.3. The molecule has 0 aliphatic heterocycles. The molecule has 0 aliphatic carbocycles. The van der Waals surface area contributed by atoms with Gasteiger partial charge in [0.1, 0.15) is 5.76 Å². The number of benzene rings is 1. The minimum atomic E-state index is 0.125. The molecule has 2 heterocycles. The second kappa shape index (κ2) is 6.10. The van der Waals surface area contributed by atoms with E-state index in [1.165, 1.54) is 10.9 Å². The molecule has 3 nitrogen and oxygen atoms in total. The van der Waals surface area contributed by atoms with Crippen LogP contribution in [0.2, 0.25) is 0 Å². The van der Waals surface area contributed by atoms with E-state index < -0.39 is 0 Å². The lowest BCUT2D eigenvalue weighted by molar-refractivity contribution is 0.523. The van der Waals surface area contributed by atoms with Crippen molar-refractivity contribution in [1.29, 1.82) is 0 Å². The fourth-order valence-corrected chi connectivity index (χ4v) is 2.58. The van der Waals surface area contributed by atoms with Crippen LogP contribution >= 0.6 is 0 Å². The Bertz CT molecular complexity index is 733. The van der Waals surface area contributed by atoms with Crippen molar-refractivity contribution in [2.24, 2.45) is 0 Å². The second-order valence-corrected chi connectivity index (χ2v) is 5.34. The van der Waals surface area contributed by atoms with Gasteiger partial charge in [-0.15, -0.1) is 0 Å². The summed E-state index contributed by atoms with van der Waals surface area (Å²) in [6.07, 6.45) is 4.88. The van der Waals surface area contributed by atoms with Crippen LogP contribution in [0.3, 0.4) is 0 Å². The van der Waals surface area contributed by atoms with E-state index in [1.807, 2.05) is 37.6 Å². The van der Waals surface area contributed by atoms with E-state index in [0.717, 1.165) is 29.8 Å². The maximum atomic E-state index is 5.47. The van der Waals surface area contributed by atoms with Crippen LogP contribution in [0.4, 0.5) is 0 Å². The van der Waals surface area contributed by atoms with Gasteiger partial charge >= 0.3 is 0 Å². The summed E-state index contributed by atoms with van der Waals surface area (Å²) in [4.78, 5) is 4.57. The number of pyridine rings is 1. The van der Waals surface area contributed by atoms with Crippen LogP contribution in [0, 0.1) is 6.92 Å². The zero-order chi connectivity index (χ0) is 14.7. The molecule has 0 bridgehead atoms. The van der Waals surface area contributed by atoms with Crippen molar-refractivity contribution < 1.29 is 4.42 Å². The lowest BCUT2D eigenvalue weighted by atomic mass is 10.0. The second-order valence-electron chi connectivity index (χ2n) is 5.34. The summed E-state index contributed by atoms with van der Waals surface area (Å²) in [6, 6.07) is 12.6. The predicted molar refractivity (Wildman–Crippen MR) is 85.3 cm³/mol. The number of hydrogen-bond acceptors (Lipinski definition) is 3. The standard InChI is InChI=1S/C18H20N2O/c1-3-8-19-18(16-9-13(2)21-12-16)15-10-14-6-4-5-7-17(14)20-11-15/h4-7,9-12,18-19H,3,8H2,1-2H3. The normalized spacial score (nSPS) is 12.7. The van der Waals surface area contributed by atoms with E-state index in [4.69, 9.17) is 4.42 Å². The average molecular weight is 280 g/mol. The summed E-state index contributed by atoms with van der Waals surface area (Å²) < 4.78 is 5.47. The summed E-state index contributed by atoms with van der Waals surface area (Å²) in [5, 5.41) is 4.75. The van der Waals surface area contributed by atoms with Crippen molar-refractivity contribution >= 4 is 10.9 Å². The fraction of sp³-hybridized carbons (Fsp3) is 0.278. The summed E-state index contributed by atoms with van der Waals surface area (Å²) >= 11 is 0. The number of aromatic nitrogens is 1. The molecule has 1 atom stereocenters. The zero-order valence-corrected chi connectivity index (χ0v) is 12.5. The van der Waals surface area contributed by atoms with Gasteiger partial charge in [0.25, 0.3) is 0 Å². The molecule has 0 saturated carbocycles. The van der Waals surface area contributed by atoms with E-state index in [2.05, 4.69) is 35.4 Å². The van der Waals surface area contributed by atoms with Gasteiger partial charge in [0.15, 0.2) is 0 Å². The first-order valence-corrected chi connectivity index (χ1v) is 7.41. The van der Waals surface area contributed by atoms with Crippen LogP contribution in [0.15, 0.2) is 53.3 Å². The highest BCUT2D eigenvalue weighted by molar-refractivity contribution is 5.78. The summed E-state index contributed by atoms with van der Waals surface area (Å²) in [5.74, 6) is 0.932. The smallest absolute Gasteiger partial charge is 0.101 e. The molecule has 0 amide bonds. The van der Waals surface area contributed by atoms with E-state index in [1.54, 1.807) is 0 Å². The van der Waals surface area contributed by atoms with Crippen LogP contribution in [-0.2, 0) is 0 Å². The van der Waals surface area contributed by atoms with E-state index in [0.29, 0.717) is 0 Å². The minimum Gasteiger partial charge on any atom is -0.469 e. The average Bonchev–Trinajstić information content (AvgIpc) is 2.94. The molecule has 1 aromatic carbocycles. The van der Waals surface area contributed by atoms with Gasteiger partial charge in [-0.25, -0.2) is 0 Å². The van der Waals surface area contributed by atoms with Gasteiger partial charge in [0.2, 0.25) is 0 Å². The number of nitrogens with one attached hydrogen (secondary N) is 1. The molecule has 0 saturated heterocycles. The minimum absolute atomic E-state index is 0.125. The maximum absolute atomic E-state index is 5.47. The molecule has 1 unspecified atom stereocenters. The Morgan fingerprint density at radius 3 is 2.81 bits per heavy atom. The van der Waals surface area contributed by atoms with Crippen molar-refractivity contribution in [3.63, 3.8) is 0 Å². The highest BCUT2D eigenvalue weighted by Crippen LogP contribution is 2.25. The molecule has 0 aliphatic rings. The molecule has 0 fully saturated rings. The van der Waals surface area contributed by atoms with Crippen LogP contribution in [0.25, 0.3) is 10.9 Å². The van der Waals surface area contributed by atoms with Gasteiger partial charge in [-0.05, 0) is 43.7 Å². The van der Waals surface area contributed by atoms with Crippen LogP contribution in [-0.4, -0.2) is 11.5 Å². The molecule has 1 N–H and O–H groups in total. The van der Waals surface area contributed by atoms with Crippen molar-refractivity contribution in [2.45, 2.75) is 26.3 Å². The lowest BCUT2D eigenvalue weighted by Gasteiger charge is -2.17. The van der Waals surface area contributed by atoms with Gasteiger partial charge in [-0.2, -0.15) is 0 Å². The van der Waals surface area contributed by atoms with Gasteiger partial charge < -0.3 is 9.73 Å². The monoisotopic (exact) mass is 280 g/mol. The number of para-hydroxylation sites is 1. The van der Waals surface area contributed by atoms with Crippen molar-refractivity contribution in [3.8, 4) is 0 Å². The van der Waals surface area contributed by atoms with Gasteiger partial charge in [-0.3, -0.25) is 4.98 Å². The van der Waals surface area contributed by atoms with Crippen LogP contribution in [0.5, 0.6) is 0 Å².